The summed E-state index contributed by atoms with van der Waals surface area (Å²) in [7, 11) is 0. The number of hydrogen-bond donors (Lipinski definition) is 2. The van der Waals surface area contributed by atoms with Gasteiger partial charge < -0.3 is 5.32 Å². The maximum absolute atomic E-state index is 11.5. The van der Waals surface area contributed by atoms with Crippen LogP contribution < -0.4 is 10.6 Å². The lowest BCUT2D eigenvalue weighted by Crippen LogP contribution is -2.50. The Morgan fingerprint density at radius 2 is 2.07 bits per heavy atom. The van der Waals surface area contributed by atoms with E-state index < -0.39 is 0 Å². The minimum Gasteiger partial charge on any atom is -0.332 e. The monoisotopic (exact) mass is 222 g/mol. The van der Waals surface area contributed by atoms with Gasteiger partial charge in [0.15, 0.2) is 0 Å². The van der Waals surface area contributed by atoms with Crippen LogP contribution in [0.5, 0.6) is 0 Å². The zero-order valence-electron chi connectivity index (χ0n) is 8.57. The van der Waals surface area contributed by atoms with Gasteiger partial charge in [0.25, 0.3) is 0 Å². The zero-order chi connectivity index (χ0) is 10.7. The third kappa shape index (κ3) is 2.52. The standard InChI is InChI=1S/C11H14N2OS/c1-15-11-12-9(7-10(14)13-11)8-5-3-2-4-6-8/h2-6,9,11-12H,7H2,1H3,(H,13,14). The van der Waals surface area contributed by atoms with Gasteiger partial charge in [-0.2, -0.15) is 0 Å². The number of nitrogens with one attached hydrogen (secondary N) is 2. The molecule has 80 valence electrons. The maximum Gasteiger partial charge on any atom is 0.223 e. The smallest absolute Gasteiger partial charge is 0.223 e. The lowest BCUT2D eigenvalue weighted by molar-refractivity contribution is -0.123. The average molecular weight is 222 g/mol. The van der Waals surface area contributed by atoms with Crippen LogP contribution in [0, 0.1) is 0 Å². The van der Waals surface area contributed by atoms with Crippen LogP contribution in [0.25, 0.3) is 0 Å². The van der Waals surface area contributed by atoms with Crippen LogP contribution in [-0.2, 0) is 4.79 Å². The fourth-order valence-corrected chi connectivity index (χ4v) is 2.25. The third-order valence-corrected chi connectivity index (χ3v) is 3.20. The zero-order valence-corrected chi connectivity index (χ0v) is 9.38. The summed E-state index contributed by atoms with van der Waals surface area (Å²) in [6.45, 7) is 0. The van der Waals surface area contributed by atoms with Gasteiger partial charge in [0.05, 0.1) is 0 Å². The Morgan fingerprint density at radius 1 is 1.33 bits per heavy atom. The van der Waals surface area contributed by atoms with Gasteiger partial charge in [-0.3, -0.25) is 10.1 Å². The van der Waals surface area contributed by atoms with Crippen molar-refractivity contribution in [3.8, 4) is 0 Å². The molecule has 2 N–H and O–H groups in total. The van der Waals surface area contributed by atoms with Crippen molar-refractivity contribution in [3.63, 3.8) is 0 Å². The molecule has 4 heteroatoms. The Labute approximate surface area is 93.6 Å². The molecule has 0 aliphatic carbocycles. The summed E-state index contributed by atoms with van der Waals surface area (Å²) in [5.41, 5.74) is 1.20. The molecule has 1 aromatic carbocycles. The minimum atomic E-state index is 0.0245. The first-order valence-corrected chi connectivity index (χ1v) is 6.21. The predicted octanol–water partition coefficient (Wildman–Crippen LogP) is 1.48. The molecule has 1 heterocycles. The summed E-state index contributed by atoms with van der Waals surface area (Å²) in [5, 5.41) is 6.26. The number of carbonyl (C=O) groups excluding carboxylic acids is 1. The quantitative estimate of drug-likeness (QED) is 0.796. The molecule has 0 bridgehead atoms. The number of carbonyl (C=O) groups is 1. The molecule has 0 spiro atoms. The van der Waals surface area contributed by atoms with E-state index in [1.54, 1.807) is 11.8 Å². The SMILES string of the molecule is CSC1NC(=O)CC(c2ccccc2)N1. The highest BCUT2D eigenvalue weighted by atomic mass is 32.2. The Morgan fingerprint density at radius 3 is 2.73 bits per heavy atom. The first-order valence-electron chi connectivity index (χ1n) is 4.93. The fourth-order valence-electron chi connectivity index (χ4n) is 1.70. The first kappa shape index (κ1) is 10.5. The van der Waals surface area contributed by atoms with Crippen molar-refractivity contribution in [2.45, 2.75) is 18.0 Å². The van der Waals surface area contributed by atoms with E-state index in [0.29, 0.717) is 6.42 Å². The summed E-state index contributed by atoms with van der Waals surface area (Å²) < 4.78 is 0. The number of amides is 1. The van der Waals surface area contributed by atoms with Gasteiger partial charge in [-0.15, -0.1) is 11.8 Å². The summed E-state index contributed by atoms with van der Waals surface area (Å²) in [6, 6.07) is 10.2. The molecule has 1 aliphatic heterocycles. The minimum absolute atomic E-state index is 0.0245. The topological polar surface area (TPSA) is 41.1 Å². The second-order valence-corrected chi connectivity index (χ2v) is 4.46. The molecule has 2 rings (SSSR count). The summed E-state index contributed by atoms with van der Waals surface area (Å²) in [4.78, 5) is 11.5. The van der Waals surface area contributed by atoms with E-state index in [9.17, 15) is 4.79 Å². The molecule has 15 heavy (non-hydrogen) atoms. The van der Waals surface area contributed by atoms with Crippen LogP contribution in [0.4, 0.5) is 0 Å². The van der Waals surface area contributed by atoms with Crippen molar-refractivity contribution in [1.29, 1.82) is 0 Å². The molecular weight excluding hydrogens is 208 g/mol. The summed E-state index contributed by atoms with van der Waals surface area (Å²) in [6.07, 6.45) is 2.49. The van der Waals surface area contributed by atoms with Crippen LogP contribution in [0.2, 0.25) is 0 Å². The highest BCUT2D eigenvalue weighted by Gasteiger charge is 2.25. The molecule has 0 aromatic heterocycles. The average Bonchev–Trinajstić information content (AvgIpc) is 2.29. The molecule has 1 aliphatic rings. The molecule has 2 atom stereocenters. The second kappa shape index (κ2) is 4.68. The van der Waals surface area contributed by atoms with Gasteiger partial charge in [-0.1, -0.05) is 30.3 Å². The van der Waals surface area contributed by atoms with E-state index in [1.807, 2.05) is 36.6 Å². The highest BCUT2D eigenvalue weighted by molar-refractivity contribution is 7.99. The van der Waals surface area contributed by atoms with Crippen LogP contribution in [0.3, 0.4) is 0 Å². The molecule has 1 fully saturated rings. The lowest BCUT2D eigenvalue weighted by Gasteiger charge is -2.30. The van der Waals surface area contributed by atoms with Crippen molar-refractivity contribution in [2.75, 3.05) is 6.26 Å². The van der Waals surface area contributed by atoms with E-state index in [4.69, 9.17) is 0 Å². The summed E-state index contributed by atoms with van der Waals surface area (Å²) >= 11 is 1.60. The maximum atomic E-state index is 11.5. The van der Waals surface area contributed by atoms with Gasteiger partial charge in [-0.05, 0) is 11.8 Å². The number of benzene rings is 1. The van der Waals surface area contributed by atoms with Crippen LogP contribution >= 0.6 is 11.8 Å². The van der Waals surface area contributed by atoms with Gasteiger partial charge in [0.1, 0.15) is 5.50 Å². The molecule has 0 saturated carbocycles. The normalized spacial score (nSPS) is 26.1. The molecule has 1 aromatic rings. The lowest BCUT2D eigenvalue weighted by atomic mass is 10.0. The molecule has 1 saturated heterocycles. The van der Waals surface area contributed by atoms with Crippen molar-refractivity contribution >= 4 is 17.7 Å². The Bertz CT molecular complexity index is 342. The van der Waals surface area contributed by atoms with Crippen LogP contribution in [0.1, 0.15) is 18.0 Å². The third-order valence-electron chi connectivity index (χ3n) is 2.47. The largest absolute Gasteiger partial charge is 0.332 e. The van der Waals surface area contributed by atoms with Crippen LogP contribution in [-0.4, -0.2) is 17.7 Å². The Hall–Kier alpha value is -1.00. The van der Waals surface area contributed by atoms with E-state index in [0.717, 1.165) is 0 Å². The van der Waals surface area contributed by atoms with Crippen LogP contribution in [0.15, 0.2) is 30.3 Å². The Balaban J connectivity index is 2.12. The van der Waals surface area contributed by atoms with Crippen molar-refractivity contribution in [1.82, 2.24) is 10.6 Å². The first-order chi connectivity index (χ1) is 7.29. The van der Waals surface area contributed by atoms with E-state index in [-0.39, 0.29) is 17.4 Å². The van der Waals surface area contributed by atoms with Crippen molar-refractivity contribution in [2.24, 2.45) is 0 Å². The molecule has 3 nitrogen and oxygen atoms in total. The van der Waals surface area contributed by atoms with Gasteiger partial charge in [-0.25, -0.2) is 0 Å². The molecular formula is C11H14N2OS. The fraction of sp³-hybridized carbons (Fsp3) is 0.364. The van der Waals surface area contributed by atoms with E-state index >= 15 is 0 Å². The molecule has 1 amide bonds. The van der Waals surface area contributed by atoms with E-state index in [1.165, 1.54) is 5.56 Å². The number of hydrogen-bond acceptors (Lipinski definition) is 3. The van der Waals surface area contributed by atoms with E-state index in [2.05, 4.69) is 10.6 Å². The Kier molecular flexibility index (Phi) is 3.28. The van der Waals surface area contributed by atoms with Crippen molar-refractivity contribution in [3.05, 3.63) is 35.9 Å². The molecule has 0 radical (unpaired) electrons. The summed E-state index contributed by atoms with van der Waals surface area (Å²) in [5.74, 6) is 0.113. The second-order valence-electron chi connectivity index (χ2n) is 3.52. The number of rotatable bonds is 2. The van der Waals surface area contributed by atoms with Gasteiger partial charge >= 0.3 is 0 Å². The molecule has 2 unspecified atom stereocenters. The highest BCUT2D eigenvalue weighted by Crippen LogP contribution is 2.21. The predicted molar refractivity (Wildman–Crippen MR) is 62.4 cm³/mol. The van der Waals surface area contributed by atoms with Crippen molar-refractivity contribution < 1.29 is 4.79 Å². The number of thioether (sulfide) groups is 1. The van der Waals surface area contributed by atoms with Gasteiger partial charge in [0, 0.05) is 12.5 Å². The van der Waals surface area contributed by atoms with Gasteiger partial charge in [0.2, 0.25) is 5.91 Å².